The van der Waals surface area contributed by atoms with Gasteiger partial charge < -0.3 is 10.5 Å². The molecule has 0 bridgehead atoms. The van der Waals surface area contributed by atoms with E-state index in [4.69, 9.17) is 10.5 Å². The summed E-state index contributed by atoms with van der Waals surface area (Å²) in [7, 11) is 0. The van der Waals surface area contributed by atoms with Crippen LogP contribution in [0.4, 0.5) is 4.39 Å². The Morgan fingerprint density at radius 2 is 1.75 bits per heavy atom. The first-order valence-corrected chi connectivity index (χ1v) is 6.87. The van der Waals surface area contributed by atoms with Gasteiger partial charge in [0.15, 0.2) is 0 Å². The molecular weight excluding hydrogens is 253 g/mol. The van der Waals surface area contributed by atoms with Crippen LogP contribution in [0.1, 0.15) is 24.5 Å². The zero-order valence-electron chi connectivity index (χ0n) is 11.9. The van der Waals surface area contributed by atoms with Crippen LogP contribution in [-0.2, 0) is 6.42 Å². The summed E-state index contributed by atoms with van der Waals surface area (Å²) in [4.78, 5) is 0. The van der Waals surface area contributed by atoms with Gasteiger partial charge in [0.05, 0.1) is 0 Å². The molecule has 106 valence electrons. The maximum absolute atomic E-state index is 13.4. The first kappa shape index (κ1) is 14.5. The van der Waals surface area contributed by atoms with Crippen LogP contribution in [0.3, 0.4) is 0 Å². The van der Waals surface area contributed by atoms with Crippen LogP contribution in [-0.4, -0.2) is 6.04 Å². The minimum Gasteiger partial charge on any atom is -0.457 e. The largest absolute Gasteiger partial charge is 0.457 e. The van der Waals surface area contributed by atoms with Crippen molar-refractivity contribution in [3.05, 3.63) is 59.4 Å². The Morgan fingerprint density at radius 3 is 2.35 bits per heavy atom. The summed E-state index contributed by atoms with van der Waals surface area (Å²) in [6.45, 7) is 3.80. The molecule has 2 aromatic rings. The van der Waals surface area contributed by atoms with Gasteiger partial charge in [-0.05, 0) is 49.1 Å². The summed E-state index contributed by atoms with van der Waals surface area (Å²) in [6.07, 6.45) is 1.82. The molecule has 0 amide bonds. The van der Waals surface area contributed by atoms with E-state index in [2.05, 4.69) is 6.92 Å². The number of ether oxygens (including phenoxy) is 1. The topological polar surface area (TPSA) is 35.2 Å². The molecule has 2 nitrogen and oxygen atoms in total. The third-order valence-corrected chi connectivity index (χ3v) is 3.32. The number of hydrogen-bond donors (Lipinski definition) is 1. The van der Waals surface area contributed by atoms with Gasteiger partial charge in [0.2, 0.25) is 0 Å². The number of halogens is 1. The van der Waals surface area contributed by atoms with Crippen molar-refractivity contribution in [3.8, 4) is 11.5 Å². The quantitative estimate of drug-likeness (QED) is 0.885. The standard InChI is InChI=1S/C17H20FNO/c1-3-14(19)10-13-5-8-15(9-6-13)20-16-7-4-12(2)17(18)11-16/h4-9,11,14H,3,10,19H2,1-2H3. The Hall–Kier alpha value is -1.87. The number of aryl methyl sites for hydroxylation is 1. The highest BCUT2D eigenvalue weighted by molar-refractivity contribution is 5.35. The number of benzene rings is 2. The molecule has 1 atom stereocenters. The predicted octanol–water partition coefficient (Wildman–Crippen LogP) is 4.21. The summed E-state index contributed by atoms with van der Waals surface area (Å²) in [5, 5.41) is 0. The fraction of sp³-hybridized carbons (Fsp3) is 0.294. The molecule has 0 aliphatic carbocycles. The van der Waals surface area contributed by atoms with Crippen LogP contribution in [0, 0.1) is 12.7 Å². The first-order chi connectivity index (χ1) is 9.58. The maximum Gasteiger partial charge on any atom is 0.130 e. The molecule has 2 aromatic carbocycles. The van der Waals surface area contributed by atoms with E-state index in [0.29, 0.717) is 17.1 Å². The molecule has 0 saturated heterocycles. The van der Waals surface area contributed by atoms with Gasteiger partial charge in [-0.2, -0.15) is 0 Å². The molecule has 0 saturated carbocycles. The fourth-order valence-corrected chi connectivity index (χ4v) is 1.91. The highest BCUT2D eigenvalue weighted by atomic mass is 19.1. The normalized spacial score (nSPS) is 12.2. The molecule has 0 aromatic heterocycles. The van der Waals surface area contributed by atoms with Crippen LogP contribution >= 0.6 is 0 Å². The molecule has 0 heterocycles. The summed E-state index contributed by atoms with van der Waals surface area (Å²) in [6, 6.07) is 12.8. The third-order valence-electron chi connectivity index (χ3n) is 3.32. The zero-order chi connectivity index (χ0) is 14.5. The van der Waals surface area contributed by atoms with E-state index >= 15 is 0 Å². The molecule has 0 aliphatic heterocycles. The molecule has 0 aliphatic rings. The van der Waals surface area contributed by atoms with Crippen molar-refractivity contribution >= 4 is 0 Å². The van der Waals surface area contributed by atoms with E-state index in [1.807, 2.05) is 24.3 Å². The summed E-state index contributed by atoms with van der Waals surface area (Å²) >= 11 is 0. The van der Waals surface area contributed by atoms with Crippen LogP contribution < -0.4 is 10.5 Å². The zero-order valence-corrected chi connectivity index (χ0v) is 11.9. The lowest BCUT2D eigenvalue weighted by Gasteiger charge is -2.10. The van der Waals surface area contributed by atoms with Crippen LogP contribution in [0.25, 0.3) is 0 Å². The average molecular weight is 273 g/mol. The van der Waals surface area contributed by atoms with Crippen LogP contribution in [0.2, 0.25) is 0 Å². The first-order valence-electron chi connectivity index (χ1n) is 6.87. The molecule has 2 rings (SSSR count). The second-order valence-corrected chi connectivity index (χ2v) is 5.03. The van der Waals surface area contributed by atoms with Gasteiger partial charge in [-0.15, -0.1) is 0 Å². The molecule has 0 radical (unpaired) electrons. The Balaban J connectivity index is 2.04. The number of hydrogen-bond acceptors (Lipinski definition) is 2. The SMILES string of the molecule is CCC(N)Cc1ccc(Oc2ccc(C)c(F)c2)cc1. The molecule has 0 fully saturated rings. The van der Waals surface area contributed by atoms with Crippen LogP contribution in [0.5, 0.6) is 11.5 Å². The minimum atomic E-state index is -0.256. The van der Waals surface area contributed by atoms with E-state index in [0.717, 1.165) is 12.8 Å². The Morgan fingerprint density at radius 1 is 1.10 bits per heavy atom. The Labute approximate surface area is 119 Å². The highest BCUT2D eigenvalue weighted by Crippen LogP contribution is 2.23. The smallest absolute Gasteiger partial charge is 0.130 e. The molecule has 3 heteroatoms. The van der Waals surface area contributed by atoms with Crippen molar-refractivity contribution in [2.24, 2.45) is 5.73 Å². The van der Waals surface area contributed by atoms with Crippen molar-refractivity contribution in [2.45, 2.75) is 32.7 Å². The monoisotopic (exact) mass is 273 g/mol. The Kier molecular flexibility index (Phi) is 4.74. The van der Waals surface area contributed by atoms with Gasteiger partial charge in [0, 0.05) is 12.1 Å². The second-order valence-electron chi connectivity index (χ2n) is 5.03. The lowest BCUT2D eigenvalue weighted by molar-refractivity contribution is 0.475. The van der Waals surface area contributed by atoms with Gasteiger partial charge >= 0.3 is 0 Å². The van der Waals surface area contributed by atoms with Gasteiger partial charge in [-0.3, -0.25) is 0 Å². The summed E-state index contributed by atoms with van der Waals surface area (Å²) in [5.74, 6) is 0.946. The van der Waals surface area contributed by atoms with Gasteiger partial charge in [-0.25, -0.2) is 4.39 Å². The summed E-state index contributed by atoms with van der Waals surface area (Å²) < 4.78 is 19.1. The molecular formula is C17H20FNO. The minimum absolute atomic E-state index is 0.188. The molecule has 1 unspecified atom stereocenters. The average Bonchev–Trinajstić information content (AvgIpc) is 2.45. The third kappa shape index (κ3) is 3.81. The highest BCUT2D eigenvalue weighted by Gasteiger charge is 2.04. The van der Waals surface area contributed by atoms with E-state index in [1.165, 1.54) is 11.6 Å². The van der Waals surface area contributed by atoms with Crippen molar-refractivity contribution in [1.82, 2.24) is 0 Å². The van der Waals surface area contributed by atoms with E-state index in [9.17, 15) is 4.39 Å². The van der Waals surface area contributed by atoms with E-state index in [1.54, 1.807) is 19.1 Å². The van der Waals surface area contributed by atoms with Crippen molar-refractivity contribution in [1.29, 1.82) is 0 Å². The van der Waals surface area contributed by atoms with Gasteiger partial charge in [0.25, 0.3) is 0 Å². The lowest BCUT2D eigenvalue weighted by atomic mass is 10.0. The summed E-state index contributed by atoms with van der Waals surface area (Å²) in [5.41, 5.74) is 7.72. The maximum atomic E-state index is 13.4. The van der Waals surface area contributed by atoms with Crippen molar-refractivity contribution in [3.63, 3.8) is 0 Å². The number of nitrogens with two attached hydrogens (primary N) is 1. The van der Waals surface area contributed by atoms with Crippen molar-refractivity contribution < 1.29 is 9.13 Å². The van der Waals surface area contributed by atoms with E-state index < -0.39 is 0 Å². The predicted molar refractivity (Wildman–Crippen MR) is 79.6 cm³/mol. The molecule has 20 heavy (non-hydrogen) atoms. The fourth-order valence-electron chi connectivity index (χ4n) is 1.91. The Bertz CT molecular complexity index is 566. The second kappa shape index (κ2) is 6.53. The van der Waals surface area contributed by atoms with Gasteiger partial charge in [-0.1, -0.05) is 25.1 Å². The van der Waals surface area contributed by atoms with Crippen LogP contribution in [0.15, 0.2) is 42.5 Å². The molecule has 0 spiro atoms. The lowest BCUT2D eigenvalue weighted by Crippen LogP contribution is -2.21. The number of rotatable bonds is 5. The van der Waals surface area contributed by atoms with Crippen molar-refractivity contribution in [2.75, 3.05) is 0 Å². The van der Waals surface area contributed by atoms with E-state index in [-0.39, 0.29) is 11.9 Å². The van der Waals surface area contributed by atoms with Gasteiger partial charge in [0.1, 0.15) is 17.3 Å². The molecule has 2 N–H and O–H groups in total.